The minimum atomic E-state index is -0.990. The van der Waals surface area contributed by atoms with E-state index in [0.29, 0.717) is 16.3 Å². The molecule has 0 spiro atoms. The summed E-state index contributed by atoms with van der Waals surface area (Å²) in [6.45, 7) is 1.75. The van der Waals surface area contributed by atoms with Crippen molar-refractivity contribution in [3.8, 4) is 6.07 Å². The number of anilines is 1. The molecule has 6 nitrogen and oxygen atoms in total. The van der Waals surface area contributed by atoms with Gasteiger partial charge in [-0.3, -0.25) is 4.79 Å². The summed E-state index contributed by atoms with van der Waals surface area (Å²) in [6, 6.07) is 14.3. The van der Waals surface area contributed by atoms with Gasteiger partial charge in [0.05, 0.1) is 18.1 Å². The lowest BCUT2D eigenvalue weighted by atomic mass is 10.2. The van der Waals surface area contributed by atoms with E-state index in [9.17, 15) is 9.59 Å². The van der Waals surface area contributed by atoms with Gasteiger partial charge in [0.15, 0.2) is 6.10 Å². The summed E-state index contributed by atoms with van der Waals surface area (Å²) in [4.78, 5) is 30.8. The Kier molecular flexibility index (Phi) is 7.18. The highest BCUT2D eigenvalue weighted by Crippen LogP contribution is 2.20. The fraction of sp³-hybridized carbons (Fsp3) is 0.263. The zero-order valence-electron chi connectivity index (χ0n) is 14.6. The topological polar surface area (TPSA) is 83.3 Å². The van der Waals surface area contributed by atoms with Crippen molar-refractivity contribution in [3.05, 3.63) is 54.2 Å². The van der Waals surface area contributed by atoms with Gasteiger partial charge in [-0.25, -0.2) is 9.78 Å². The van der Waals surface area contributed by atoms with Crippen LogP contribution < -0.4 is 4.90 Å². The summed E-state index contributed by atoms with van der Waals surface area (Å²) in [5.41, 5.74) is 0.977. The molecule has 134 valence electrons. The number of para-hydroxylation sites is 1. The van der Waals surface area contributed by atoms with Crippen molar-refractivity contribution < 1.29 is 14.3 Å². The molecule has 1 aromatic heterocycles. The van der Waals surface area contributed by atoms with Gasteiger partial charge in [-0.1, -0.05) is 18.2 Å². The van der Waals surface area contributed by atoms with E-state index in [2.05, 4.69) is 4.98 Å². The highest BCUT2D eigenvalue weighted by molar-refractivity contribution is 7.98. The minimum Gasteiger partial charge on any atom is -0.449 e. The van der Waals surface area contributed by atoms with Gasteiger partial charge in [0, 0.05) is 18.4 Å². The quantitative estimate of drug-likeness (QED) is 0.550. The summed E-state index contributed by atoms with van der Waals surface area (Å²) < 4.78 is 5.36. The van der Waals surface area contributed by atoms with Crippen molar-refractivity contribution >= 4 is 29.3 Å². The van der Waals surface area contributed by atoms with Crippen LogP contribution in [-0.2, 0) is 9.53 Å². The van der Waals surface area contributed by atoms with E-state index in [4.69, 9.17) is 10.00 Å². The molecule has 1 aromatic carbocycles. The number of pyridine rings is 1. The van der Waals surface area contributed by atoms with Crippen molar-refractivity contribution in [1.82, 2.24) is 4.98 Å². The Bertz CT molecular complexity index is 805. The first-order chi connectivity index (χ1) is 12.6. The average molecular weight is 369 g/mol. The first kappa shape index (κ1) is 19.5. The number of hydrogen-bond acceptors (Lipinski definition) is 6. The van der Waals surface area contributed by atoms with E-state index in [1.54, 1.807) is 42.6 Å². The molecule has 2 aromatic rings. The molecule has 1 amide bonds. The van der Waals surface area contributed by atoms with E-state index < -0.39 is 12.1 Å². The minimum absolute atomic E-state index is 0.181. The van der Waals surface area contributed by atoms with Crippen LogP contribution in [0.4, 0.5) is 5.69 Å². The molecule has 0 saturated carbocycles. The van der Waals surface area contributed by atoms with Crippen LogP contribution in [0.3, 0.4) is 0 Å². The molecule has 0 aliphatic carbocycles. The van der Waals surface area contributed by atoms with Crippen LogP contribution in [0.2, 0.25) is 0 Å². The Morgan fingerprint density at radius 1 is 1.27 bits per heavy atom. The van der Waals surface area contributed by atoms with Gasteiger partial charge in [-0.05, 0) is 37.4 Å². The number of amides is 1. The first-order valence-electron chi connectivity index (χ1n) is 8.01. The molecule has 2 rings (SSSR count). The number of thioether (sulfide) groups is 1. The molecule has 0 bridgehead atoms. The Morgan fingerprint density at radius 3 is 2.65 bits per heavy atom. The monoisotopic (exact) mass is 369 g/mol. The Balaban J connectivity index is 2.15. The van der Waals surface area contributed by atoms with E-state index in [0.717, 1.165) is 0 Å². The van der Waals surface area contributed by atoms with Crippen LogP contribution in [0, 0.1) is 11.3 Å². The highest BCUT2D eigenvalue weighted by atomic mass is 32.2. The van der Waals surface area contributed by atoms with Crippen LogP contribution in [0.1, 0.15) is 23.7 Å². The summed E-state index contributed by atoms with van der Waals surface area (Å²) in [6.07, 6.45) is 2.60. The van der Waals surface area contributed by atoms with Crippen molar-refractivity contribution in [3.63, 3.8) is 0 Å². The SMILES string of the molecule is CSc1ncccc1C(=O)OC(C)C(=O)N(CCC#N)c1ccccc1. The van der Waals surface area contributed by atoms with Crippen LogP contribution in [0.5, 0.6) is 0 Å². The lowest BCUT2D eigenvalue weighted by molar-refractivity contribution is -0.126. The van der Waals surface area contributed by atoms with Gasteiger partial charge < -0.3 is 9.64 Å². The molecular weight excluding hydrogens is 350 g/mol. The number of hydrogen-bond donors (Lipinski definition) is 0. The second-order valence-electron chi connectivity index (χ2n) is 5.34. The number of aromatic nitrogens is 1. The second-order valence-corrected chi connectivity index (χ2v) is 6.14. The van der Waals surface area contributed by atoms with Crippen molar-refractivity contribution in [2.24, 2.45) is 0 Å². The number of nitrogens with zero attached hydrogens (tertiary/aromatic N) is 3. The van der Waals surface area contributed by atoms with E-state index in [1.165, 1.54) is 23.6 Å². The van der Waals surface area contributed by atoms with Gasteiger partial charge in [-0.2, -0.15) is 5.26 Å². The Morgan fingerprint density at radius 2 is 2.00 bits per heavy atom. The van der Waals surface area contributed by atoms with Crippen molar-refractivity contribution in [1.29, 1.82) is 5.26 Å². The predicted molar refractivity (Wildman–Crippen MR) is 99.9 cm³/mol. The smallest absolute Gasteiger partial charge is 0.341 e. The van der Waals surface area contributed by atoms with Gasteiger partial charge >= 0.3 is 5.97 Å². The fourth-order valence-corrected chi connectivity index (χ4v) is 2.88. The molecule has 7 heteroatoms. The molecule has 0 saturated heterocycles. The Hall–Kier alpha value is -2.85. The second kappa shape index (κ2) is 9.59. The predicted octanol–water partition coefficient (Wildman–Crippen LogP) is 3.30. The molecule has 0 radical (unpaired) electrons. The molecule has 1 unspecified atom stereocenters. The van der Waals surface area contributed by atoms with E-state index in [1.807, 2.05) is 18.4 Å². The third kappa shape index (κ3) is 4.83. The Labute approximate surface area is 156 Å². The average Bonchev–Trinajstić information content (AvgIpc) is 2.68. The molecule has 1 heterocycles. The normalized spacial score (nSPS) is 11.3. The largest absolute Gasteiger partial charge is 0.449 e. The first-order valence-corrected chi connectivity index (χ1v) is 9.24. The van der Waals surface area contributed by atoms with Crippen molar-refractivity contribution in [2.75, 3.05) is 17.7 Å². The van der Waals surface area contributed by atoms with Gasteiger partial charge in [-0.15, -0.1) is 11.8 Å². The third-order valence-electron chi connectivity index (χ3n) is 3.60. The lowest BCUT2D eigenvalue weighted by Gasteiger charge is -2.25. The summed E-state index contributed by atoms with van der Waals surface area (Å²) in [7, 11) is 0. The van der Waals surface area contributed by atoms with Crippen LogP contribution in [-0.4, -0.2) is 35.8 Å². The van der Waals surface area contributed by atoms with Crippen LogP contribution in [0.15, 0.2) is 53.7 Å². The maximum absolute atomic E-state index is 12.8. The zero-order chi connectivity index (χ0) is 18.9. The summed E-state index contributed by atoms with van der Waals surface area (Å²) >= 11 is 1.33. The fourth-order valence-electron chi connectivity index (χ4n) is 2.34. The molecular formula is C19H19N3O3S. The number of carbonyl (C=O) groups excluding carboxylic acids is 2. The van der Waals surface area contributed by atoms with Crippen molar-refractivity contribution in [2.45, 2.75) is 24.5 Å². The number of esters is 1. The lowest BCUT2D eigenvalue weighted by Crippen LogP contribution is -2.40. The summed E-state index contributed by atoms with van der Waals surface area (Å²) in [5, 5.41) is 9.39. The van der Waals surface area contributed by atoms with Crippen LogP contribution in [0.25, 0.3) is 0 Å². The number of nitriles is 1. The maximum atomic E-state index is 12.8. The maximum Gasteiger partial charge on any atom is 0.341 e. The molecule has 0 aliphatic heterocycles. The highest BCUT2D eigenvalue weighted by Gasteiger charge is 2.26. The van der Waals surface area contributed by atoms with Gasteiger partial charge in [0.1, 0.15) is 5.03 Å². The molecule has 1 atom stereocenters. The van der Waals surface area contributed by atoms with Crippen LogP contribution >= 0.6 is 11.8 Å². The van der Waals surface area contributed by atoms with E-state index >= 15 is 0 Å². The number of ether oxygens (including phenoxy) is 1. The molecule has 0 aliphatic rings. The summed E-state index contributed by atoms with van der Waals surface area (Å²) in [5.74, 6) is -0.981. The molecule has 0 N–H and O–H groups in total. The number of carbonyl (C=O) groups is 2. The number of benzene rings is 1. The number of rotatable bonds is 7. The van der Waals surface area contributed by atoms with Gasteiger partial charge in [0.2, 0.25) is 0 Å². The standard InChI is InChI=1S/C19H19N3O3S/c1-14(25-19(24)16-10-6-12-21-17(16)26-2)18(23)22(13-7-11-20)15-8-4-3-5-9-15/h3-6,8-10,12,14H,7,13H2,1-2H3. The third-order valence-corrected chi connectivity index (χ3v) is 4.31. The van der Waals surface area contributed by atoms with Gasteiger partial charge in [0.25, 0.3) is 5.91 Å². The van der Waals surface area contributed by atoms with E-state index in [-0.39, 0.29) is 18.9 Å². The zero-order valence-corrected chi connectivity index (χ0v) is 15.4. The molecule has 0 fully saturated rings. The molecule has 26 heavy (non-hydrogen) atoms.